The van der Waals surface area contributed by atoms with Crippen molar-refractivity contribution in [3.8, 4) is 0 Å². The summed E-state index contributed by atoms with van der Waals surface area (Å²) in [7, 11) is 0. The van der Waals surface area contributed by atoms with Gasteiger partial charge in [0.2, 0.25) is 5.91 Å². The van der Waals surface area contributed by atoms with Crippen molar-refractivity contribution < 1.29 is 9.21 Å². The number of furan rings is 1. The third kappa shape index (κ3) is 4.75. The van der Waals surface area contributed by atoms with Gasteiger partial charge in [0.05, 0.1) is 24.9 Å². The van der Waals surface area contributed by atoms with Gasteiger partial charge in [0.25, 0.3) is 0 Å². The predicted octanol–water partition coefficient (Wildman–Crippen LogP) is 4.49. The van der Waals surface area contributed by atoms with Crippen LogP contribution in [0.5, 0.6) is 0 Å². The van der Waals surface area contributed by atoms with Crippen molar-refractivity contribution >= 4 is 17.5 Å². The van der Waals surface area contributed by atoms with Crippen molar-refractivity contribution in [2.45, 2.75) is 19.0 Å². The summed E-state index contributed by atoms with van der Waals surface area (Å²) < 4.78 is 5.54. The van der Waals surface area contributed by atoms with Gasteiger partial charge in [0.1, 0.15) is 5.76 Å². The minimum absolute atomic E-state index is 0.0834. The number of halogens is 1. The van der Waals surface area contributed by atoms with E-state index in [9.17, 15) is 4.79 Å². The number of hydrogen-bond acceptors (Lipinski definition) is 3. The second-order valence-corrected chi connectivity index (χ2v) is 6.52. The van der Waals surface area contributed by atoms with Crippen LogP contribution in [0.4, 0.5) is 0 Å². The van der Waals surface area contributed by atoms with Crippen molar-refractivity contribution in [3.63, 3.8) is 0 Å². The number of nitrogens with one attached hydrogen (secondary N) is 2. The molecule has 0 aliphatic rings. The molecule has 0 spiro atoms. The Morgan fingerprint density at radius 3 is 2.38 bits per heavy atom. The highest BCUT2D eigenvalue weighted by Gasteiger charge is 2.18. The molecule has 3 rings (SSSR count). The fourth-order valence-electron chi connectivity index (χ4n) is 2.81. The molecule has 0 aliphatic heterocycles. The second-order valence-electron chi connectivity index (χ2n) is 6.08. The van der Waals surface area contributed by atoms with Crippen LogP contribution in [0.3, 0.4) is 0 Å². The predicted molar refractivity (Wildman–Crippen MR) is 103 cm³/mol. The third-order valence-electron chi connectivity index (χ3n) is 4.17. The molecule has 2 aromatic carbocycles. The first kappa shape index (κ1) is 18.2. The molecule has 2 N–H and O–H groups in total. The molecule has 26 heavy (non-hydrogen) atoms. The van der Waals surface area contributed by atoms with E-state index in [0.717, 1.165) is 16.9 Å². The van der Waals surface area contributed by atoms with E-state index in [2.05, 4.69) is 10.6 Å². The summed E-state index contributed by atoms with van der Waals surface area (Å²) in [4.78, 5) is 12.4. The molecule has 134 valence electrons. The van der Waals surface area contributed by atoms with E-state index in [-0.39, 0.29) is 24.5 Å². The first-order chi connectivity index (χ1) is 12.6. The zero-order chi connectivity index (χ0) is 18.4. The van der Waals surface area contributed by atoms with Crippen LogP contribution in [0.25, 0.3) is 0 Å². The van der Waals surface area contributed by atoms with Gasteiger partial charge in [-0.2, -0.15) is 0 Å². The summed E-state index contributed by atoms with van der Waals surface area (Å²) >= 11 is 5.91. The molecule has 0 saturated carbocycles. The van der Waals surface area contributed by atoms with E-state index < -0.39 is 0 Å². The molecule has 0 radical (unpaired) electrons. The van der Waals surface area contributed by atoms with Crippen LogP contribution in [0.1, 0.15) is 35.9 Å². The summed E-state index contributed by atoms with van der Waals surface area (Å²) in [5.41, 5.74) is 2.05. The smallest absolute Gasteiger partial charge is 0.234 e. The molecule has 0 fully saturated rings. The van der Waals surface area contributed by atoms with Gasteiger partial charge in [-0.05, 0) is 42.3 Å². The normalized spacial score (nSPS) is 13.2. The van der Waals surface area contributed by atoms with Gasteiger partial charge in [-0.1, -0.05) is 54.1 Å². The molecule has 2 atom stereocenters. The minimum atomic E-state index is -0.178. The number of carbonyl (C=O) groups excluding carboxylic acids is 1. The van der Waals surface area contributed by atoms with Crippen LogP contribution in [-0.4, -0.2) is 12.5 Å². The summed E-state index contributed by atoms with van der Waals surface area (Å²) in [6, 6.07) is 20.8. The van der Waals surface area contributed by atoms with Gasteiger partial charge >= 0.3 is 0 Å². The van der Waals surface area contributed by atoms with Crippen LogP contribution in [-0.2, 0) is 4.79 Å². The maximum atomic E-state index is 12.4. The molecule has 4 nitrogen and oxygen atoms in total. The quantitative estimate of drug-likeness (QED) is 0.646. The fraction of sp³-hybridized carbons (Fsp3) is 0.190. The third-order valence-corrected chi connectivity index (χ3v) is 4.43. The van der Waals surface area contributed by atoms with Gasteiger partial charge in [-0.15, -0.1) is 0 Å². The fourth-order valence-corrected chi connectivity index (χ4v) is 2.93. The number of carbonyl (C=O) groups is 1. The molecule has 5 heteroatoms. The first-order valence-corrected chi connectivity index (χ1v) is 8.88. The lowest BCUT2D eigenvalue weighted by Crippen LogP contribution is -2.37. The molecule has 1 amide bonds. The first-order valence-electron chi connectivity index (χ1n) is 8.50. The summed E-state index contributed by atoms with van der Waals surface area (Å²) in [5, 5.41) is 6.95. The van der Waals surface area contributed by atoms with Crippen LogP contribution >= 0.6 is 11.6 Å². The maximum Gasteiger partial charge on any atom is 0.234 e. The van der Waals surface area contributed by atoms with E-state index in [1.807, 2.05) is 73.7 Å². The molecule has 0 saturated heterocycles. The van der Waals surface area contributed by atoms with Gasteiger partial charge in [-0.3, -0.25) is 10.1 Å². The molecule has 3 aromatic rings. The Labute approximate surface area is 158 Å². The zero-order valence-corrected chi connectivity index (χ0v) is 15.2. The van der Waals surface area contributed by atoms with E-state index in [1.54, 1.807) is 6.26 Å². The lowest BCUT2D eigenvalue weighted by molar-refractivity contribution is -0.121. The van der Waals surface area contributed by atoms with Crippen molar-refractivity contribution in [2.24, 2.45) is 0 Å². The van der Waals surface area contributed by atoms with Crippen LogP contribution in [0.15, 0.2) is 77.4 Å². The number of amides is 1. The highest BCUT2D eigenvalue weighted by Crippen LogP contribution is 2.22. The Morgan fingerprint density at radius 1 is 1.00 bits per heavy atom. The van der Waals surface area contributed by atoms with Crippen molar-refractivity contribution in [1.82, 2.24) is 10.6 Å². The minimum Gasteiger partial charge on any atom is -0.467 e. The van der Waals surface area contributed by atoms with Crippen molar-refractivity contribution in [2.75, 3.05) is 6.54 Å². The van der Waals surface area contributed by atoms with Crippen molar-refractivity contribution in [3.05, 3.63) is 94.9 Å². The van der Waals surface area contributed by atoms with E-state index in [1.165, 1.54) is 0 Å². The topological polar surface area (TPSA) is 54.3 Å². The standard InChI is InChI=1S/C21H21ClN2O2/c1-15(16-9-11-18(22)12-10-16)24-20(25)14-23-21(19-8-5-13-26-19)17-6-3-2-4-7-17/h2-13,15,21,23H,14H2,1H3,(H,24,25)/t15-,21-/m1/s1. The van der Waals surface area contributed by atoms with Gasteiger partial charge in [0.15, 0.2) is 0 Å². The Balaban J connectivity index is 1.62. The van der Waals surface area contributed by atoms with Gasteiger partial charge in [0, 0.05) is 5.02 Å². The SMILES string of the molecule is C[C@@H](NC(=O)CN[C@H](c1ccccc1)c1ccco1)c1ccc(Cl)cc1. The highest BCUT2D eigenvalue weighted by atomic mass is 35.5. The van der Waals surface area contributed by atoms with Gasteiger partial charge < -0.3 is 9.73 Å². The van der Waals surface area contributed by atoms with Crippen LogP contribution in [0.2, 0.25) is 5.02 Å². The van der Waals surface area contributed by atoms with E-state index >= 15 is 0 Å². The molecule has 0 unspecified atom stereocenters. The number of hydrogen-bond donors (Lipinski definition) is 2. The Hall–Kier alpha value is -2.56. The number of benzene rings is 2. The Morgan fingerprint density at radius 2 is 1.73 bits per heavy atom. The Kier molecular flexibility index (Phi) is 6.10. The lowest BCUT2D eigenvalue weighted by Gasteiger charge is -2.19. The van der Waals surface area contributed by atoms with E-state index in [0.29, 0.717) is 5.02 Å². The Bertz CT molecular complexity index is 817. The van der Waals surface area contributed by atoms with Gasteiger partial charge in [-0.25, -0.2) is 0 Å². The molecule has 1 aromatic heterocycles. The maximum absolute atomic E-state index is 12.4. The zero-order valence-electron chi connectivity index (χ0n) is 14.5. The highest BCUT2D eigenvalue weighted by molar-refractivity contribution is 6.30. The molecule has 0 bridgehead atoms. The monoisotopic (exact) mass is 368 g/mol. The van der Waals surface area contributed by atoms with Crippen molar-refractivity contribution in [1.29, 1.82) is 0 Å². The van der Waals surface area contributed by atoms with Crippen LogP contribution < -0.4 is 10.6 Å². The molecule has 0 aliphatic carbocycles. The summed E-state index contributed by atoms with van der Waals surface area (Å²) in [6.45, 7) is 2.13. The average molecular weight is 369 g/mol. The van der Waals surface area contributed by atoms with Crippen LogP contribution in [0, 0.1) is 0 Å². The van der Waals surface area contributed by atoms with E-state index in [4.69, 9.17) is 16.0 Å². The number of rotatable bonds is 7. The molecular weight excluding hydrogens is 348 g/mol. The second kappa shape index (κ2) is 8.70. The summed E-state index contributed by atoms with van der Waals surface area (Å²) in [6.07, 6.45) is 1.63. The lowest BCUT2D eigenvalue weighted by atomic mass is 10.0. The summed E-state index contributed by atoms with van der Waals surface area (Å²) in [5.74, 6) is 0.690. The molecule has 1 heterocycles. The average Bonchev–Trinajstić information content (AvgIpc) is 3.17. The molecular formula is C21H21ClN2O2. The largest absolute Gasteiger partial charge is 0.467 e.